The van der Waals surface area contributed by atoms with Gasteiger partial charge in [0.2, 0.25) is 0 Å². The Morgan fingerprint density at radius 2 is 1.63 bits per heavy atom. The highest BCUT2D eigenvalue weighted by molar-refractivity contribution is 6.10. The molecule has 4 aromatic rings. The molecule has 0 bridgehead atoms. The highest BCUT2D eigenvalue weighted by atomic mass is 19.4. The molecule has 1 aliphatic rings. The zero-order valence-electron chi connectivity index (χ0n) is 25.9. The SMILES string of the molecule is CCC(C)C(=NC(Cc1ccc(F)cc1)=NC)c1cn(Cc2ccc(C(F)(F)F)cc2)c2cc(N3CCOCC3)c(F)cc2c1=O. The van der Waals surface area contributed by atoms with Crippen molar-refractivity contribution < 1.29 is 26.7 Å². The number of aromatic nitrogens is 1. The van der Waals surface area contributed by atoms with Gasteiger partial charge < -0.3 is 14.2 Å². The molecular weight excluding hydrogens is 603 g/mol. The lowest BCUT2D eigenvalue weighted by atomic mass is 9.95. The Kier molecular flexibility index (Phi) is 10.0. The van der Waals surface area contributed by atoms with Crippen LogP contribution in [0.5, 0.6) is 0 Å². The van der Waals surface area contributed by atoms with Crippen LogP contribution in [0, 0.1) is 17.6 Å². The van der Waals surface area contributed by atoms with E-state index < -0.39 is 23.0 Å². The van der Waals surface area contributed by atoms with E-state index in [1.165, 1.54) is 30.3 Å². The molecule has 3 aromatic carbocycles. The molecule has 6 nitrogen and oxygen atoms in total. The standard InChI is InChI=1S/C35H35F5N4O2/c1-4-22(2)33(42-32(41-3)17-23-7-11-26(36)12-8-23)28-21-44(20-24-5-9-25(10-6-24)35(38,39)40)30-19-31(43-13-15-46-16-14-43)29(37)18-27(30)34(28)45/h5-12,18-19,21-22H,4,13-17,20H2,1-3H3. The van der Waals surface area contributed by atoms with Crippen LogP contribution >= 0.6 is 0 Å². The number of aliphatic imine (C=N–C) groups is 2. The average Bonchev–Trinajstić information content (AvgIpc) is 3.05. The maximum absolute atomic E-state index is 15.7. The van der Waals surface area contributed by atoms with Gasteiger partial charge in [-0.05, 0) is 59.9 Å². The fraction of sp³-hybridized carbons (Fsp3) is 0.343. The first-order valence-corrected chi connectivity index (χ1v) is 15.1. The second-order valence-corrected chi connectivity index (χ2v) is 11.4. The van der Waals surface area contributed by atoms with E-state index in [0.29, 0.717) is 67.5 Å². The number of ether oxygens (including phenoxy) is 1. The third-order valence-electron chi connectivity index (χ3n) is 8.27. The van der Waals surface area contributed by atoms with Gasteiger partial charge in [-0.25, -0.2) is 13.8 Å². The third kappa shape index (κ3) is 7.36. The molecule has 1 aliphatic heterocycles. The topological polar surface area (TPSA) is 59.2 Å². The molecule has 1 aromatic heterocycles. The van der Waals surface area contributed by atoms with Crippen molar-refractivity contribution in [1.82, 2.24) is 4.57 Å². The second kappa shape index (κ2) is 13.9. The number of alkyl halides is 3. The summed E-state index contributed by atoms with van der Waals surface area (Å²) in [6, 6.07) is 13.7. The van der Waals surface area contributed by atoms with Gasteiger partial charge in [0, 0.05) is 44.7 Å². The van der Waals surface area contributed by atoms with E-state index in [-0.39, 0.29) is 29.2 Å². The largest absolute Gasteiger partial charge is 0.416 e. The molecule has 1 unspecified atom stereocenters. The van der Waals surface area contributed by atoms with E-state index in [1.807, 2.05) is 18.7 Å². The first-order valence-electron chi connectivity index (χ1n) is 15.1. The molecule has 0 N–H and O–H groups in total. The van der Waals surface area contributed by atoms with Crippen molar-refractivity contribution in [2.75, 3.05) is 38.3 Å². The number of fused-ring (bicyclic) bond motifs is 1. The lowest BCUT2D eigenvalue weighted by Gasteiger charge is -2.29. The summed E-state index contributed by atoms with van der Waals surface area (Å²) in [5.74, 6) is -0.702. The quantitative estimate of drug-likeness (QED) is 0.116. The summed E-state index contributed by atoms with van der Waals surface area (Å²) in [5.41, 5.74) is 1.62. The van der Waals surface area contributed by atoms with Gasteiger partial charge in [0.05, 0.1) is 41.3 Å². The highest BCUT2D eigenvalue weighted by Crippen LogP contribution is 2.30. The maximum Gasteiger partial charge on any atom is 0.416 e. The van der Waals surface area contributed by atoms with Crippen LogP contribution < -0.4 is 10.3 Å². The molecule has 0 amide bonds. The van der Waals surface area contributed by atoms with Crippen LogP contribution in [-0.2, 0) is 23.9 Å². The van der Waals surface area contributed by atoms with Crippen molar-refractivity contribution in [2.24, 2.45) is 15.9 Å². The summed E-state index contributed by atoms with van der Waals surface area (Å²) in [6.45, 7) is 5.82. The number of pyridine rings is 1. The molecule has 11 heteroatoms. The average molecular weight is 639 g/mol. The molecular formula is C35H35F5N4O2. The van der Waals surface area contributed by atoms with Crippen molar-refractivity contribution in [3.63, 3.8) is 0 Å². The Labute approximate surface area is 263 Å². The Hall–Kier alpha value is -4.38. The summed E-state index contributed by atoms with van der Waals surface area (Å²) in [6.07, 6.45) is -1.90. The number of rotatable bonds is 8. The zero-order valence-corrected chi connectivity index (χ0v) is 25.9. The second-order valence-electron chi connectivity index (χ2n) is 11.4. The highest BCUT2D eigenvalue weighted by Gasteiger charge is 2.30. The zero-order chi connectivity index (χ0) is 33.0. The monoisotopic (exact) mass is 638 g/mol. The first kappa shape index (κ1) is 33.0. The summed E-state index contributed by atoms with van der Waals surface area (Å²) in [5, 5.41) is 0.128. The van der Waals surface area contributed by atoms with Crippen LogP contribution in [0.4, 0.5) is 27.6 Å². The van der Waals surface area contributed by atoms with E-state index in [4.69, 9.17) is 9.73 Å². The van der Waals surface area contributed by atoms with Crippen molar-refractivity contribution in [2.45, 2.75) is 39.4 Å². The van der Waals surface area contributed by atoms with Crippen molar-refractivity contribution in [3.8, 4) is 0 Å². The molecule has 1 fully saturated rings. The number of benzene rings is 3. The molecule has 0 saturated carbocycles. The summed E-state index contributed by atoms with van der Waals surface area (Å²) in [4.78, 5) is 25.2. The molecule has 0 aliphatic carbocycles. The number of anilines is 1. The predicted molar refractivity (Wildman–Crippen MR) is 171 cm³/mol. The van der Waals surface area contributed by atoms with Gasteiger partial charge in [-0.1, -0.05) is 38.1 Å². The third-order valence-corrected chi connectivity index (χ3v) is 8.27. The Morgan fingerprint density at radius 3 is 2.24 bits per heavy atom. The lowest BCUT2D eigenvalue weighted by molar-refractivity contribution is -0.137. The van der Waals surface area contributed by atoms with Crippen molar-refractivity contribution in [3.05, 3.63) is 111 Å². The summed E-state index contributed by atoms with van der Waals surface area (Å²) < 4.78 is 76.2. The fourth-order valence-electron chi connectivity index (χ4n) is 5.48. The number of morpholine rings is 1. The van der Waals surface area contributed by atoms with E-state index in [9.17, 15) is 22.4 Å². The van der Waals surface area contributed by atoms with Gasteiger partial charge in [0.25, 0.3) is 0 Å². The minimum absolute atomic E-state index is 0.119. The Morgan fingerprint density at radius 1 is 0.978 bits per heavy atom. The predicted octanol–water partition coefficient (Wildman–Crippen LogP) is 7.29. The number of amidine groups is 1. The van der Waals surface area contributed by atoms with Gasteiger partial charge >= 0.3 is 6.18 Å². The van der Waals surface area contributed by atoms with Gasteiger partial charge in [0.1, 0.15) is 17.5 Å². The Bertz CT molecular complexity index is 1810. The van der Waals surface area contributed by atoms with Crippen LogP contribution in [0.3, 0.4) is 0 Å². The maximum atomic E-state index is 15.7. The van der Waals surface area contributed by atoms with Crippen molar-refractivity contribution >= 4 is 28.1 Å². The Balaban J connectivity index is 1.67. The molecule has 0 radical (unpaired) electrons. The number of nitrogens with zero attached hydrogens (tertiary/aromatic N) is 4. The lowest BCUT2D eigenvalue weighted by Crippen LogP contribution is -2.36. The minimum Gasteiger partial charge on any atom is -0.378 e. The van der Waals surface area contributed by atoms with Crippen LogP contribution in [0.1, 0.15) is 42.5 Å². The van der Waals surface area contributed by atoms with E-state index in [1.54, 1.807) is 36.0 Å². The molecule has 1 atom stereocenters. The van der Waals surface area contributed by atoms with E-state index in [2.05, 4.69) is 4.99 Å². The molecule has 242 valence electrons. The van der Waals surface area contributed by atoms with Crippen molar-refractivity contribution in [1.29, 1.82) is 0 Å². The van der Waals surface area contributed by atoms with Crippen LogP contribution in [0.2, 0.25) is 0 Å². The van der Waals surface area contributed by atoms with Gasteiger partial charge in [-0.2, -0.15) is 13.2 Å². The first-order chi connectivity index (χ1) is 22.0. The normalized spacial score (nSPS) is 15.4. The fourth-order valence-corrected chi connectivity index (χ4v) is 5.48. The van der Waals surface area contributed by atoms with Gasteiger partial charge in [0.15, 0.2) is 5.43 Å². The molecule has 5 rings (SSSR count). The van der Waals surface area contributed by atoms with E-state index in [0.717, 1.165) is 17.7 Å². The molecule has 46 heavy (non-hydrogen) atoms. The summed E-state index contributed by atoms with van der Waals surface area (Å²) in [7, 11) is 1.59. The summed E-state index contributed by atoms with van der Waals surface area (Å²) >= 11 is 0. The van der Waals surface area contributed by atoms with Gasteiger partial charge in [-0.3, -0.25) is 9.79 Å². The minimum atomic E-state index is -4.48. The van der Waals surface area contributed by atoms with Gasteiger partial charge in [-0.15, -0.1) is 0 Å². The van der Waals surface area contributed by atoms with Crippen LogP contribution in [0.15, 0.2) is 81.6 Å². The molecule has 0 spiro atoms. The number of halogens is 5. The smallest absolute Gasteiger partial charge is 0.378 e. The molecule has 1 saturated heterocycles. The van der Waals surface area contributed by atoms with Crippen LogP contribution in [-0.4, -0.2) is 49.5 Å². The van der Waals surface area contributed by atoms with Crippen LogP contribution in [0.25, 0.3) is 10.9 Å². The number of hydrogen-bond donors (Lipinski definition) is 0. The van der Waals surface area contributed by atoms with E-state index >= 15 is 4.39 Å². The number of hydrogen-bond acceptors (Lipinski definition) is 4. The molecule has 2 heterocycles.